The number of thioether (sulfide) groups is 1. The van der Waals surface area contributed by atoms with Crippen LogP contribution in [0.1, 0.15) is 39.0 Å². The van der Waals surface area contributed by atoms with Gasteiger partial charge < -0.3 is 4.74 Å². The minimum Gasteiger partial charge on any atom is -0.462 e. The van der Waals surface area contributed by atoms with Crippen LogP contribution in [0.3, 0.4) is 0 Å². The second kappa shape index (κ2) is 6.51. The summed E-state index contributed by atoms with van der Waals surface area (Å²) in [7, 11) is 0. The Balaban J connectivity index is 1.56. The molecule has 1 aliphatic heterocycles. The molecule has 1 aromatic carbocycles. The molecule has 124 valence electrons. The molecule has 0 radical (unpaired) electrons. The molecular weight excluding hydrogens is 304 g/mol. The lowest BCUT2D eigenvalue weighted by atomic mass is 9.58. The lowest BCUT2D eigenvalue weighted by Crippen LogP contribution is -2.44. The normalized spacial score (nSPS) is 39.4. The van der Waals surface area contributed by atoms with Gasteiger partial charge in [0.25, 0.3) is 0 Å². The SMILES string of the molecule is C[C@@H]1OC(=O)[C@H]2C[C@H]3CCCC[C@@H]3[C@@H](CSc3ccccc3)[C@@H]12. The van der Waals surface area contributed by atoms with Gasteiger partial charge in [-0.05, 0) is 49.7 Å². The largest absolute Gasteiger partial charge is 0.462 e. The summed E-state index contributed by atoms with van der Waals surface area (Å²) in [6.07, 6.45) is 6.59. The first kappa shape index (κ1) is 15.6. The highest BCUT2D eigenvalue weighted by molar-refractivity contribution is 7.99. The van der Waals surface area contributed by atoms with Gasteiger partial charge in [0.2, 0.25) is 0 Å². The molecule has 3 heteroatoms. The van der Waals surface area contributed by atoms with Gasteiger partial charge in [0.15, 0.2) is 0 Å². The smallest absolute Gasteiger partial charge is 0.309 e. The third kappa shape index (κ3) is 2.93. The molecule has 0 N–H and O–H groups in total. The van der Waals surface area contributed by atoms with Crippen molar-refractivity contribution in [3.05, 3.63) is 30.3 Å². The lowest BCUT2D eigenvalue weighted by Gasteiger charge is -2.46. The number of carbonyl (C=O) groups is 1. The van der Waals surface area contributed by atoms with E-state index < -0.39 is 0 Å². The lowest BCUT2D eigenvalue weighted by molar-refractivity contribution is -0.144. The molecule has 1 heterocycles. The van der Waals surface area contributed by atoms with E-state index in [2.05, 4.69) is 37.3 Å². The van der Waals surface area contributed by atoms with E-state index >= 15 is 0 Å². The van der Waals surface area contributed by atoms with E-state index in [0.717, 1.165) is 24.0 Å². The number of carbonyl (C=O) groups excluding carboxylic acids is 1. The van der Waals surface area contributed by atoms with Gasteiger partial charge in [-0.2, -0.15) is 0 Å². The van der Waals surface area contributed by atoms with Crippen LogP contribution in [-0.4, -0.2) is 17.8 Å². The average molecular weight is 330 g/mol. The number of rotatable bonds is 3. The summed E-state index contributed by atoms with van der Waals surface area (Å²) in [5.41, 5.74) is 0. The van der Waals surface area contributed by atoms with E-state index in [1.165, 1.54) is 30.6 Å². The van der Waals surface area contributed by atoms with Crippen molar-refractivity contribution in [2.75, 3.05) is 5.75 Å². The zero-order valence-corrected chi connectivity index (χ0v) is 14.6. The molecule has 0 spiro atoms. The number of cyclic esters (lactones) is 1. The van der Waals surface area contributed by atoms with Gasteiger partial charge in [0.1, 0.15) is 6.10 Å². The molecule has 2 aliphatic carbocycles. The average Bonchev–Trinajstić information content (AvgIpc) is 2.87. The Hall–Kier alpha value is -0.960. The van der Waals surface area contributed by atoms with Crippen LogP contribution in [0.25, 0.3) is 0 Å². The summed E-state index contributed by atoms with van der Waals surface area (Å²) in [6, 6.07) is 10.7. The van der Waals surface area contributed by atoms with Crippen LogP contribution in [0, 0.1) is 29.6 Å². The number of benzene rings is 1. The van der Waals surface area contributed by atoms with Crippen molar-refractivity contribution in [1.82, 2.24) is 0 Å². The Morgan fingerprint density at radius 3 is 2.78 bits per heavy atom. The van der Waals surface area contributed by atoms with Gasteiger partial charge in [0, 0.05) is 16.6 Å². The monoisotopic (exact) mass is 330 g/mol. The number of hydrogen-bond acceptors (Lipinski definition) is 3. The van der Waals surface area contributed by atoms with Crippen molar-refractivity contribution in [2.45, 2.75) is 50.0 Å². The molecule has 3 fully saturated rings. The summed E-state index contributed by atoms with van der Waals surface area (Å²) in [6.45, 7) is 2.12. The first-order valence-electron chi connectivity index (χ1n) is 9.12. The van der Waals surface area contributed by atoms with E-state index in [0.29, 0.717) is 11.8 Å². The summed E-state index contributed by atoms with van der Waals surface area (Å²) >= 11 is 1.97. The van der Waals surface area contributed by atoms with Gasteiger partial charge in [0.05, 0.1) is 5.92 Å². The third-order valence-electron chi connectivity index (χ3n) is 6.37. The summed E-state index contributed by atoms with van der Waals surface area (Å²) < 4.78 is 5.65. The molecule has 1 aromatic rings. The van der Waals surface area contributed by atoms with E-state index in [9.17, 15) is 4.79 Å². The second-order valence-corrected chi connectivity index (χ2v) is 8.65. The molecule has 2 saturated carbocycles. The minimum atomic E-state index is 0.0845. The van der Waals surface area contributed by atoms with Crippen LogP contribution < -0.4 is 0 Å². The highest BCUT2D eigenvalue weighted by Gasteiger charge is 2.54. The number of ether oxygens (including phenoxy) is 1. The third-order valence-corrected chi connectivity index (χ3v) is 7.52. The van der Waals surface area contributed by atoms with Gasteiger partial charge >= 0.3 is 5.97 Å². The molecule has 4 rings (SSSR count). The molecule has 0 amide bonds. The summed E-state index contributed by atoms with van der Waals surface area (Å²) in [5.74, 6) is 4.02. The molecule has 0 unspecified atom stereocenters. The molecule has 23 heavy (non-hydrogen) atoms. The maximum Gasteiger partial charge on any atom is 0.309 e. The zero-order chi connectivity index (χ0) is 15.8. The highest BCUT2D eigenvalue weighted by atomic mass is 32.2. The maximum atomic E-state index is 12.3. The van der Waals surface area contributed by atoms with Crippen LogP contribution >= 0.6 is 11.8 Å². The number of hydrogen-bond donors (Lipinski definition) is 0. The Morgan fingerprint density at radius 1 is 1.17 bits per heavy atom. The van der Waals surface area contributed by atoms with Crippen LogP contribution in [0.2, 0.25) is 0 Å². The number of esters is 1. The second-order valence-electron chi connectivity index (χ2n) is 7.56. The Kier molecular flexibility index (Phi) is 4.40. The molecule has 0 bridgehead atoms. The first-order chi connectivity index (χ1) is 11.2. The van der Waals surface area contributed by atoms with Crippen molar-refractivity contribution >= 4 is 17.7 Å². The predicted octanol–water partition coefficient (Wildman–Crippen LogP) is 4.78. The summed E-state index contributed by atoms with van der Waals surface area (Å²) in [4.78, 5) is 13.6. The standard InChI is InChI=1S/C20H26O2S/c1-13-19-17(20(21)22-13)11-14-7-5-6-10-16(14)18(19)12-23-15-8-3-2-4-9-15/h2-4,8-9,13-14,16-19H,5-7,10-12H2,1H3/t13-,14+,16-,17-,18+,19-/m0/s1. The van der Waals surface area contributed by atoms with Crippen molar-refractivity contribution < 1.29 is 9.53 Å². The van der Waals surface area contributed by atoms with Gasteiger partial charge in [-0.1, -0.05) is 37.5 Å². The van der Waals surface area contributed by atoms with E-state index in [4.69, 9.17) is 4.74 Å². The Labute approximate surface area is 143 Å². The molecule has 6 atom stereocenters. The minimum absolute atomic E-state index is 0.0845. The van der Waals surface area contributed by atoms with Crippen LogP contribution in [0.5, 0.6) is 0 Å². The van der Waals surface area contributed by atoms with E-state index in [1.54, 1.807) is 0 Å². The van der Waals surface area contributed by atoms with E-state index in [1.807, 2.05) is 11.8 Å². The molecule has 1 saturated heterocycles. The van der Waals surface area contributed by atoms with Crippen molar-refractivity contribution in [2.24, 2.45) is 29.6 Å². The maximum absolute atomic E-state index is 12.3. The van der Waals surface area contributed by atoms with E-state index in [-0.39, 0.29) is 18.0 Å². The van der Waals surface area contributed by atoms with Gasteiger partial charge in [-0.25, -0.2) is 0 Å². The predicted molar refractivity (Wildman–Crippen MR) is 93.3 cm³/mol. The van der Waals surface area contributed by atoms with Crippen molar-refractivity contribution in [3.63, 3.8) is 0 Å². The van der Waals surface area contributed by atoms with Crippen molar-refractivity contribution in [3.8, 4) is 0 Å². The molecule has 2 nitrogen and oxygen atoms in total. The fraction of sp³-hybridized carbons (Fsp3) is 0.650. The fourth-order valence-electron chi connectivity index (χ4n) is 5.38. The molecule has 0 aromatic heterocycles. The zero-order valence-electron chi connectivity index (χ0n) is 13.8. The quantitative estimate of drug-likeness (QED) is 0.589. The first-order valence-corrected chi connectivity index (χ1v) is 10.1. The molecular formula is C20H26O2S. The Morgan fingerprint density at radius 2 is 1.96 bits per heavy atom. The van der Waals surface area contributed by atoms with Gasteiger partial charge in [-0.15, -0.1) is 11.8 Å². The van der Waals surface area contributed by atoms with Crippen LogP contribution in [-0.2, 0) is 9.53 Å². The van der Waals surface area contributed by atoms with Gasteiger partial charge in [-0.3, -0.25) is 4.79 Å². The summed E-state index contributed by atoms with van der Waals surface area (Å²) in [5, 5.41) is 0. The highest BCUT2D eigenvalue weighted by Crippen LogP contribution is 2.54. The fourth-order valence-corrected chi connectivity index (χ4v) is 6.59. The molecule has 3 aliphatic rings. The Bertz CT molecular complexity index is 558. The van der Waals surface area contributed by atoms with Crippen LogP contribution in [0.15, 0.2) is 35.2 Å². The topological polar surface area (TPSA) is 26.3 Å². The van der Waals surface area contributed by atoms with Crippen LogP contribution in [0.4, 0.5) is 0 Å². The van der Waals surface area contributed by atoms with Crippen molar-refractivity contribution in [1.29, 1.82) is 0 Å². The number of fused-ring (bicyclic) bond motifs is 2.